The average Bonchev–Trinajstić information content (AvgIpc) is 2.73. The van der Waals surface area contributed by atoms with E-state index >= 15 is 0 Å². The summed E-state index contributed by atoms with van der Waals surface area (Å²) in [5.41, 5.74) is 3.38. The number of hydrogen-bond donors (Lipinski definition) is 1. The van der Waals surface area contributed by atoms with Crippen molar-refractivity contribution < 1.29 is 4.74 Å². The first kappa shape index (κ1) is 11.9. The Morgan fingerprint density at radius 1 is 1.35 bits per heavy atom. The third-order valence-electron chi connectivity index (χ3n) is 2.56. The van der Waals surface area contributed by atoms with Crippen molar-refractivity contribution in [3.05, 3.63) is 39.8 Å². The van der Waals surface area contributed by atoms with Crippen LogP contribution in [0, 0.1) is 13.8 Å². The van der Waals surface area contributed by atoms with Gasteiger partial charge in [-0.05, 0) is 37.6 Å². The summed E-state index contributed by atoms with van der Waals surface area (Å²) in [6.07, 6.45) is 0. The van der Waals surface area contributed by atoms with Crippen molar-refractivity contribution in [1.82, 2.24) is 4.98 Å². The standard InChI is InChI=1S/C13H16N2OS/c1-9-6-12(16-3)4-5-13(9)14-7-11-8-17-10(2)15-11/h4-6,8,14H,7H2,1-3H3. The molecule has 1 N–H and O–H groups in total. The molecule has 0 aliphatic rings. The van der Waals surface area contributed by atoms with Crippen molar-refractivity contribution in [3.8, 4) is 5.75 Å². The Hall–Kier alpha value is -1.55. The second-order valence-electron chi connectivity index (χ2n) is 3.89. The van der Waals surface area contributed by atoms with Gasteiger partial charge in [0.15, 0.2) is 0 Å². The summed E-state index contributed by atoms with van der Waals surface area (Å²) in [4.78, 5) is 4.42. The van der Waals surface area contributed by atoms with Crippen LogP contribution in [0.15, 0.2) is 23.6 Å². The topological polar surface area (TPSA) is 34.1 Å². The van der Waals surface area contributed by atoms with Gasteiger partial charge in [0.2, 0.25) is 0 Å². The molecule has 0 spiro atoms. The Bertz CT molecular complexity index is 508. The van der Waals surface area contributed by atoms with Crippen LogP contribution in [-0.4, -0.2) is 12.1 Å². The minimum Gasteiger partial charge on any atom is -0.497 e. The van der Waals surface area contributed by atoms with Gasteiger partial charge in [0.05, 0.1) is 24.4 Å². The summed E-state index contributed by atoms with van der Waals surface area (Å²) in [6.45, 7) is 4.85. The smallest absolute Gasteiger partial charge is 0.119 e. The van der Waals surface area contributed by atoms with E-state index in [2.05, 4.69) is 22.6 Å². The number of aryl methyl sites for hydroxylation is 2. The molecule has 3 nitrogen and oxygen atoms in total. The fourth-order valence-electron chi connectivity index (χ4n) is 1.64. The number of methoxy groups -OCH3 is 1. The zero-order valence-electron chi connectivity index (χ0n) is 10.3. The lowest BCUT2D eigenvalue weighted by atomic mass is 10.2. The summed E-state index contributed by atoms with van der Waals surface area (Å²) in [5.74, 6) is 0.887. The van der Waals surface area contributed by atoms with Gasteiger partial charge in [-0.2, -0.15) is 0 Å². The highest BCUT2D eigenvalue weighted by atomic mass is 32.1. The molecule has 0 bridgehead atoms. The fraction of sp³-hybridized carbons (Fsp3) is 0.308. The highest BCUT2D eigenvalue weighted by Gasteiger charge is 2.02. The fourth-order valence-corrected chi connectivity index (χ4v) is 2.25. The molecule has 0 saturated heterocycles. The van der Waals surface area contributed by atoms with Crippen LogP contribution in [0.4, 0.5) is 5.69 Å². The molecule has 2 rings (SSSR count). The largest absolute Gasteiger partial charge is 0.497 e. The maximum Gasteiger partial charge on any atom is 0.119 e. The van der Waals surface area contributed by atoms with E-state index in [4.69, 9.17) is 4.74 Å². The molecule has 0 amide bonds. The Balaban J connectivity index is 2.04. The molecule has 0 fully saturated rings. The minimum atomic E-state index is 0.761. The van der Waals surface area contributed by atoms with E-state index in [9.17, 15) is 0 Å². The van der Waals surface area contributed by atoms with E-state index in [0.717, 1.165) is 28.7 Å². The van der Waals surface area contributed by atoms with Gasteiger partial charge in [-0.3, -0.25) is 0 Å². The van der Waals surface area contributed by atoms with E-state index in [1.54, 1.807) is 18.4 Å². The highest BCUT2D eigenvalue weighted by molar-refractivity contribution is 7.09. The lowest BCUT2D eigenvalue weighted by Crippen LogP contribution is -2.01. The van der Waals surface area contributed by atoms with E-state index in [1.165, 1.54) is 5.56 Å². The van der Waals surface area contributed by atoms with Gasteiger partial charge in [0.25, 0.3) is 0 Å². The first-order valence-corrected chi connectivity index (χ1v) is 6.36. The predicted molar refractivity (Wildman–Crippen MR) is 71.9 cm³/mol. The molecule has 2 aromatic rings. The van der Waals surface area contributed by atoms with Gasteiger partial charge in [-0.1, -0.05) is 0 Å². The number of benzene rings is 1. The van der Waals surface area contributed by atoms with Crippen LogP contribution in [0.25, 0.3) is 0 Å². The van der Waals surface area contributed by atoms with Crippen molar-refractivity contribution in [1.29, 1.82) is 0 Å². The van der Waals surface area contributed by atoms with E-state index < -0.39 is 0 Å². The van der Waals surface area contributed by atoms with Crippen LogP contribution in [0.5, 0.6) is 5.75 Å². The molecule has 1 aromatic heterocycles. The number of thiazole rings is 1. The second kappa shape index (κ2) is 5.19. The first-order chi connectivity index (χ1) is 8.19. The molecule has 1 heterocycles. The van der Waals surface area contributed by atoms with Crippen molar-refractivity contribution in [2.75, 3.05) is 12.4 Å². The molecule has 0 aliphatic heterocycles. The molecule has 0 atom stereocenters. The van der Waals surface area contributed by atoms with Crippen molar-refractivity contribution in [2.24, 2.45) is 0 Å². The van der Waals surface area contributed by atoms with Crippen LogP contribution >= 0.6 is 11.3 Å². The molecule has 1 aromatic carbocycles. The predicted octanol–water partition coefficient (Wildman–Crippen LogP) is 3.38. The lowest BCUT2D eigenvalue weighted by molar-refractivity contribution is 0.414. The van der Waals surface area contributed by atoms with Gasteiger partial charge >= 0.3 is 0 Å². The molecule has 0 aliphatic carbocycles. The highest BCUT2D eigenvalue weighted by Crippen LogP contribution is 2.21. The van der Waals surface area contributed by atoms with Crippen LogP contribution in [0.3, 0.4) is 0 Å². The molecule has 17 heavy (non-hydrogen) atoms. The minimum absolute atomic E-state index is 0.761. The SMILES string of the molecule is COc1ccc(NCc2csc(C)n2)c(C)c1. The van der Waals surface area contributed by atoms with Gasteiger partial charge in [-0.15, -0.1) is 11.3 Å². The van der Waals surface area contributed by atoms with Crippen molar-refractivity contribution in [3.63, 3.8) is 0 Å². The summed E-state index contributed by atoms with van der Waals surface area (Å²) in [6, 6.07) is 6.02. The number of anilines is 1. The second-order valence-corrected chi connectivity index (χ2v) is 4.95. The number of aromatic nitrogens is 1. The van der Waals surface area contributed by atoms with Crippen LogP contribution in [0.2, 0.25) is 0 Å². The summed E-state index contributed by atoms with van der Waals surface area (Å²) >= 11 is 1.68. The number of ether oxygens (including phenoxy) is 1. The van der Waals surface area contributed by atoms with Gasteiger partial charge in [0, 0.05) is 11.1 Å². The Morgan fingerprint density at radius 2 is 2.18 bits per heavy atom. The number of rotatable bonds is 4. The summed E-state index contributed by atoms with van der Waals surface area (Å²) < 4.78 is 5.18. The Morgan fingerprint density at radius 3 is 2.76 bits per heavy atom. The van der Waals surface area contributed by atoms with Gasteiger partial charge < -0.3 is 10.1 Å². The molecule has 4 heteroatoms. The molecular weight excluding hydrogens is 232 g/mol. The Kier molecular flexibility index (Phi) is 3.64. The normalized spacial score (nSPS) is 10.3. The molecule has 0 unspecified atom stereocenters. The van der Waals surface area contributed by atoms with E-state index in [-0.39, 0.29) is 0 Å². The molecular formula is C13H16N2OS. The summed E-state index contributed by atoms with van der Waals surface area (Å²) in [5, 5.41) is 6.57. The van der Waals surface area contributed by atoms with E-state index in [0.29, 0.717) is 0 Å². The first-order valence-electron chi connectivity index (χ1n) is 5.48. The van der Waals surface area contributed by atoms with Crippen molar-refractivity contribution in [2.45, 2.75) is 20.4 Å². The summed E-state index contributed by atoms with van der Waals surface area (Å²) in [7, 11) is 1.68. The number of nitrogens with zero attached hydrogens (tertiary/aromatic N) is 1. The molecule has 0 radical (unpaired) electrons. The third-order valence-corrected chi connectivity index (χ3v) is 3.38. The zero-order chi connectivity index (χ0) is 12.3. The third kappa shape index (κ3) is 2.97. The number of hydrogen-bond acceptors (Lipinski definition) is 4. The molecule has 90 valence electrons. The molecule has 0 saturated carbocycles. The average molecular weight is 248 g/mol. The van der Waals surface area contributed by atoms with Gasteiger partial charge in [-0.25, -0.2) is 4.98 Å². The van der Waals surface area contributed by atoms with Crippen LogP contribution in [-0.2, 0) is 6.54 Å². The lowest BCUT2D eigenvalue weighted by Gasteiger charge is -2.09. The van der Waals surface area contributed by atoms with Gasteiger partial charge in [0.1, 0.15) is 5.75 Å². The maximum atomic E-state index is 5.18. The van der Waals surface area contributed by atoms with Crippen molar-refractivity contribution >= 4 is 17.0 Å². The zero-order valence-corrected chi connectivity index (χ0v) is 11.1. The van der Waals surface area contributed by atoms with E-state index in [1.807, 2.05) is 25.1 Å². The Labute approximate surface area is 105 Å². The van der Waals surface area contributed by atoms with Crippen LogP contribution in [0.1, 0.15) is 16.3 Å². The quantitative estimate of drug-likeness (QED) is 0.900. The monoisotopic (exact) mass is 248 g/mol. The number of nitrogens with one attached hydrogen (secondary N) is 1. The maximum absolute atomic E-state index is 5.18. The van der Waals surface area contributed by atoms with Crippen LogP contribution < -0.4 is 10.1 Å².